The maximum atomic E-state index is 2.59. The second-order valence-corrected chi connectivity index (χ2v) is 8.38. The molecule has 2 aliphatic heterocycles. The smallest absolute Gasteiger partial charge is 0.00388 e. The third-order valence-electron chi connectivity index (χ3n) is 5.03. The van der Waals surface area contributed by atoms with Crippen LogP contribution in [0.1, 0.15) is 93.9 Å². The summed E-state index contributed by atoms with van der Waals surface area (Å²) in [5.41, 5.74) is 0.558. The quantitative estimate of drug-likeness (QED) is 0.631. The van der Waals surface area contributed by atoms with Gasteiger partial charge >= 0.3 is 0 Å². The van der Waals surface area contributed by atoms with E-state index in [0.717, 1.165) is 12.1 Å². The van der Waals surface area contributed by atoms with Gasteiger partial charge in [-0.3, -0.25) is 0 Å². The average molecular weight is 327 g/mol. The van der Waals surface area contributed by atoms with Crippen LogP contribution < -0.4 is 0 Å². The van der Waals surface area contributed by atoms with Crippen LogP contribution in [0.25, 0.3) is 0 Å². The molecule has 2 aliphatic rings. The molecule has 0 bridgehead atoms. The summed E-state index contributed by atoms with van der Waals surface area (Å²) in [6.07, 6.45) is 8.50. The van der Waals surface area contributed by atoms with Gasteiger partial charge in [0.1, 0.15) is 0 Å². The summed E-state index contributed by atoms with van der Waals surface area (Å²) in [6.45, 7) is 23.2. The van der Waals surface area contributed by atoms with Crippen molar-refractivity contribution < 1.29 is 0 Å². The van der Waals surface area contributed by atoms with Crippen molar-refractivity contribution in [3.8, 4) is 0 Å². The van der Waals surface area contributed by atoms with Gasteiger partial charge in [-0.05, 0) is 78.4 Å². The number of piperidine rings is 1. The summed E-state index contributed by atoms with van der Waals surface area (Å²) in [4.78, 5) is 5.18. The van der Waals surface area contributed by atoms with Crippen molar-refractivity contribution in [1.29, 1.82) is 0 Å². The number of likely N-dealkylation sites (tertiary alicyclic amines) is 2. The predicted molar refractivity (Wildman–Crippen MR) is 106 cm³/mol. The Morgan fingerprint density at radius 3 is 1.43 bits per heavy atom. The summed E-state index contributed by atoms with van der Waals surface area (Å²) in [5.74, 6) is 0. The molecule has 0 aromatic rings. The van der Waals surface area contributed by atoms with Crippen LogP contribution in [0.5, 0.6) is 0 Å². The molecule has 0 amide bonds. The van der Waals surface area contributed by atoms with Gasteiger partial charge in [0.05, 0.1) is 0 Å². The van der Waals surface area contributed by atoms with Crippen LogP contribution in [0, 0.1) is 5.41 Å². The first kappa shape index (κ1) is 22.9. The summed E-state index contributed by atoms with van der Waals surface area (Å²) >= 11 is 0. The van der Waals surface area contributed by atoms with Crippen LogP contribution in [0.2, 0.25) is 0 Å². The van der Waals surface area contributed by atoms with Crippen molar-refractivity contribution >= 4 is 0 Å². The Kier molecular flexibility index (Phi) is 12.3. The molecular formula is C21H46N2. The van der Waals surface area contributed by atoms with E-state index in [4.69, 9.17) is 0 Å². The van der Waals surface area contributed by atoms with E-state index in [9.17, 15) is 0 Å². The highest BCUT2D eigenvalue weighted by atomic mass is 15.2. The van der Waals surface area contributed by atoms with E-state index in [0.29, 0.717) is 5.41 Å². The zero-order valence-corrected chi connectivity index (χ0v) is 17.6. The Hall–Kier alpha value is -0.0800. The van der Waals surface area contributed by atoms with Crippen molar-refractivity contribution in [2.45, 2.75) is 106 Å². The molecule has 0 saturated carbocycles. The zero-order valence-electron chi connectivity index (χ0n) is 17.6. The largest absolute Gasteiger partial charge is 0.301 e. The highest BCUT2D eigenvalue weighted by Crippen LogP contribution is 2.29. The van der Waals surface area contributed by atoms with E-state index in [2.05, 4.69) is 51.3 Å². The molecule has 0 unspecified atom stereocenters. The van der Waals surface area contributed by atoms with E-state index >= 15 is 0 Å². The third-order valence-corrected chi connectivity index (χ3v) is 5.03. The van der Waals surface area contributed by atoms with Crippen molar-refractivity contribution in [2.75, 3.05) is 26.2 Å². The fourth-order valence-corrected chi connectivity index (χ4v) is 3.52. The second-order valence-electron chi connectivity index (χ2n) is 8.38. The minimum absolute atomic E-state index is 0.558. The Morgan fingerprint density at radius 1 is 0.652 bits per heavy atom. The molecule has 0 radical (unpaired) electrons. The van der Waals surface area contributed by atoms with Crippen LogP contribution in [0.3, 0.4) is 0 Å². The Balaban J connectivity index is 0.000000381. The van der Waals surface area contributed by atoms with Crippen molar-refractivity contribution in [1.82, 2.24) is 9.80 Å². The van der Waals surface area contributed by atoms with Gasteiger partial charge in [0.25, 0.3) is 0 Å². The topological polar surface area (TPSA) is 6.48 Å². The fourth-order valence-electron chi connectivity index (χ4n) is 3.52. The van der Waals surface area contributed by atoms with Gasteiger partial charge in [-0.1, -0.05) is 40.5 Å². The molecule has 140 valence electrons. The van der Waals surface area contributed by atoms with Crippen LogP contribution in [0.15, 0.2) is 0 Å². The Morgan fingerprint density at radius 2 is 1.09 bits per heavy atom. The Bertz CT molecular complexity index is 263. The number of hydrogen-bond donors (Lipinski definition) is 0. The molecule has 0 atom stereocenters. The van der Waals surface area contributed by atoms with Gasteiger partial charge in [0.15, 0.2) is 0 Å². The molecule has 2 nitrogen and oxygen atoms in total. The molecule has 2 rings (SSSR count). The summed E-state index contributed by atoms with van der Waals surface area (Å²) < 4.78 is 0. The zero-order chi connectivity index (χ0) is 17.9. The van der Waals surface area contributed by atoms with Gasteiger partial charge in [-0.2, -0.15) is 0 Å². The first-order valence-corrected chi connectivity index (χ1v) is 10.3. The van der Waals surface area contributed by atoms with Crippen LogP contribution in [-0.4, -0.2) is 48.1 Å². The van der Waals surface area contributed by atoms with Crippen molar-refractivity contribution in [2.24, 2.45) is 5.41 Å². The van der Waals surface area contributed by atoms with Crippen LogP contribution in [-0.2, 0) is 0 Å². The van der Waals surface area contributed by atoms with E-state index in [-0.39, 0.29) is 0 Å². The summed E-state index contributed by atoms with van der Waals surface area (Å²) in [5, 5.41) is 0. The molecule has 0 aromatic heterocycles. The molecule has 0 aromatic carbocycles. The summed E-state index contributed by atoms with van der Waals surface area (Å²) in [6, 6.07) is 1.49. The molecule has 2 fully saturated rings. The normalized spacial score (nSPS) is 22.7. The first-order valence-electron chi connectivity index (χ1n) is 10.3. The van der Waals surface area contributed by atoms with Gasteiger partial charge in [0, 0.05) is 18.6 Å². The molecule has 2 heteroatoms. The molecule has 0 aliphatic carbocycles. The summed E-state index contributed by atoms with van der Waals surface area (Å²) in [7, 11) is 0. The van der Waals surface area contributed by atoms with Crippen LogP contribution in [0.4, 0.5) is 0 Å². The van der Waals surface area contributed by atoms with Crippen molar-refractivity contribution in [3.63, 3.8) is 0 Å². The average Bonchev–Trinajstić information content (AvgIpc) is 2.78. The predicted octanol–water partition coefficient (Wildman–Crippen LogP) is 5.81. The van der Waals surface area contributed by atoms with E-state index in [1.54, 1.807) is 0 Å². The molecule has 2 heterocycles. The highest BCUT2D eigenvalue weighted by Gasteiger charge is 2.27. The molecule has 0 spiro atoms. The van der Waals surface area contributed by atoms with Gasteiger partial charge < -0.3 is 9.80 Å². The lowest BCUT2D eigenvalue weighted by atomic mass is 9.84. The SMILES string of the molecule is CC.CC(C)N1CCCC(C)(C)C1.CC(C)N1CCCCCC1. The van der Waals surface area contributed by atoms with E-state index in [1.165, 1.54) is 64.7 Å². The van der Waals surface area contributed by atoms with E-state index in [1.807, 2.05) is 13.8 Å². The minimum atomic E-state index is 0.558. The van der Waals surface area contributed by atoms with E-state index < -0.39 is 0 Å². The van der Waals surface area contributed by atoms with Crippen molar-refractivity contribution in [3.05, 3.63) is 0 Å². The molecule has 23 heavy (non-hydrogen) atoms. The second kappa shape index (κ2) is 12.3. The van der Waals surface area contributed by atoms with Gasteiger partial charge in [-0.15, -0.1) is 0 Å². The minimum Gasteiger partial charge on any atom is -0.301 e. The fraction of sp³-hybridized carbons (Fsp3) is 1.00. The van der Waals surface area contributed by atoms with Gasteiger partial charge in [-0.25, -0.2) is 0 Å². The first-order chi connectivity index (χ1) is 10.8. The maximum Gasteiger partial charge on any atom is 0.00388 e. The highest BCUT2D eigenvalue weighted by molar-refractivity contribution is 4.80. The number of rotatable bonds is 2. The number of hydrogen-bond acceptors (Lipinski definition) is 2. The molecule has 2 saturated heterocycles. The monoisotopic (exact) mass is 326 g/mol. The third kappa shape index (κ3) is 10.4. The lowest BCUT2D eigenvalue weighted by Gasteiger charge is -2.40. The standard InChI is InChI=1S/C10H21N.C9H19N.C2H6/c1-9(2)11-7-5-6-10(3,4)8-11;1-9(2)10-7-5-3-4-6-8-10;1-2/h9H,5-8H2,1-4H3;9H,3-8H2,1-2H3;1-2H3. The van der Waals surface area contributed by atoms with Crippen LogP contribution >= 0.6 is 0 Å². The molecule has 0 N–H and O–H groups in total. The maximum absolute atomic E-state index is 2.59. The molecular weight excluding hydrogens is 280 g/mol. The lowest BCUT2D eigenvalue weighted by Crippen LogP contribution is -2.43. The Labute approximate surface area is 148 Å². The number of nitrogens with zero attached hydrogens (tertiary/aromatic N) is 2. The van der Waals surface area contributed by atoms with Gasteiger partial charge in [0.2, 0.25) is 0 Å². The lowest BCUT2D eigenvalue weighted by molar-refractivity contribution is 0.0913.